The van der Waals surface area contributed by atoms with Crippen LogP contribution >= 0.6 is 7.82 Å². The molecule has 14 nitrogen and oxygen atoms in total. The van der Waals surface area contributed by atoms with E-state index in [0.717, 1.165) is 77.0 Å². The van der Waals surface area contributed by atoms with Crippen LogP contribution in [0.2, 0.25) is 0 Å². The maximum Gasteiger partial charge on any atom is 0.472 e. The van der Waals surface area contributed by atoms with Gasteiger partial charge in [0.05, 0.1) is 12.7 Å². The third-order valence-corrected chi connectivity index (χ3v) is 10.7. The molecular formula is C43H75O14P. The van der Waals surface area contributed by atoms with Crippen LogP contribution < -0.4 is 0 Å². The third kappa shape index (κ3) is 26.1. The Morgan fingerprint density at radius 2 is 1.14 bits per heavy atom. The zero-order chi connectivity index (χ0) is 43.0. The summed E-state index contributed by atoms with van der Waals surface area (Å²) in [5.74, 6) is -1.17. The molecule has 0 aromatic rings. The van der Waals surface area contributed by atoms with Crippen LogP contribution in [0.3, 0.4) is 0 Å². The van der Waals surface area contributed by atoms with Crippen molar-refractivity contribution in [3.05, 3.63) is 48.6 Å². The molecule has 1 fully saturated rings. The first-order valence-electron chi connectivity index (χ1n) is 21.5. The second kappa shape index (κ2) is 33.5. The highest BCUT2D eigenvalue weighted by Gasteiger charge is 2.51. The molecule has 1 saturated carbocycles. The molecule has 336 valence electrons. The molecule has 7 N–H and O–H groups in total. The Morgan fingerprint density at radius 1 is 0.621 bits per heavy atom. The quantitative estimate of drug-likeness (QED) is 0.0119. The van der Waals surface area contributed by atoms with Crippen molar-refractivity contribution in [1.82, 2.24) is 0 Å². The van der Waals surface area contributed by atoms with Gasteiger partial charge in [-0.3, -0.25) is 18.6 Å². The van der Waals surface area contributed by atoms with Crippen molar-refractivity contribution >= 4 is 19.8 Å². The summed E-state index contributed by atoms with van der Waals surface area (Å²) in [7, 11) is -5.14. The van der Waals surface area contributed by atoms with Gasteiger partial charge in [0.25, 0.3) is 0 Å². The van der Waals surface area contributed by atoms with E-state index in [2.05, 4.69) is 19.1 Å². The van der Waals surface area contributed by atoms with Gasteiger partial charge in [0.1, 0.15) is 43.2 Å². The fraction of sp³-hybridized carbons (Fsp3) is 0.767. The predicted octanol–water partition coefficient (Wildman–Crippen LogP) is 6.58. The molecule has 15 heteroatoms. The summed E-state index contributed by atoms with van der Waals surface area (Å²) < 4.78 is 33.4. The monoisotopic (exact) mass is 846 g/mol. The smallest absolute Gasteiger partial charge is 0.462 e. The van der Waals surface area contributed by atoms with Gasteiger partial charge in [0.2, 0.25) is 0 Å². The average molecular weight is 847 g/mol. The number of esters is 2. The van der Waals surface area contributed by atoms with Gasteiger partial charge < -0.3 is 45.0 Å². The minimum Gasteiger partial charge on any atom is -0.462 e. The number of carbonyl (C=O) groups excluding carboxylic acids is 2. The summed E-state index contributed by atoms with van der Waals surface area (Å²) >= 11 is 0. The standard InChI is InChI=1S/C43H75O14P/c1-3-5-7-8-9-10-11-12-13-16-19-22-26-30-36(45)54-32-35(33-55-58(52,53)57-43-41(50)39(48)38(47)40(49)42(43)51)56-37(46)31-27-23-20-17-14-15-18-21-25-29-34(44)28-24-6-4-2/h6,10-11,18,21,24-25,29,34-35,38-44,47-51H,3-5,7-9,12-17,19-20,22-23,26-28,30-33H2,1-2H3,(H,52,53)/b11-10-,21-18+,24-6+,29-25+/t34?,35-,38?,39-,40+,41-,42-,43?/m1/s1. The van der Waals surface area contributed by atoms with Crippen molar-refractivity contribution in [2.75, 3.05) is 13.2 Å². The van der Waals surface area contributed by atoms with E-state index < -0.39 is 81.8 Å². The van der Waals surface area contributed by atoms with Crippen LogP contribution in [-0.2, 0) is 32.7 Å². The van der Waals surface area contributed by atoms with Crippen molar-refractivity contribution in [2.24, 2.45) is 0 Å². The molecule has 0 saturated heterocycles. The molecule has 0 spiro atoms. The van der Waals surface area contributed by atoms with Crippen LogP contribution in [0.25, 0.3) is 0 Å². The van der Waals surface area contributed by atoms with E-state index in [1.807, 2.05) is 37.3 Å². The summed E-state index contributed by atoms with van der Waals surface area (Å²) in [6, 6.07) is 0. The number of unbranched alkanes of at least 4 members (excludes halogenated alkanes) is 14. The maximum atomic E-state index is 12.8. The van der Waals surface area contributed by atoms with E-state index in [9.17, 15) is 49.7 Å². The molecule has 0 bridgehead atoms. The number of aliphatic hydroxyl groups excluding tert-OH is 6. The maximum absolute atomic E-state index is 12.8. The van der Waals surface area contributed by atoms with Crippen LogP contribution in [0, 0.1) is 0 Å². The molecule has 1 rings (SSSR count). The van der Waals surface area contributed by atoms with Gasteiger partial charge in [-0.15, -0.1) is 0 Å². The lowest BCUT2D eigenvalue weighted by Crippen LogP contribution is -2.64. The van der Waals surface area contributed by atoms with Gasteiger partial charge in [0.15, 0.2) is 6.10 Å². The van der Waals surface area contributed by atoms with Crippen LogP contribution in [0.15, 0.2) is 48.6 Å². The van der Waals surface area contributed by atoms with E-state index in [4.69, 9.17) is 18.5 Å². The Labute approximate surface area is 346 Å². The van der Waals surface area contributed by atoms with Crippen LogP contribution in [0.1, 0.15) is 149 Å². The van der Waals surface area contributed by atoms with E-state index in [-0.39, 0.29) is 12.8 Å². The largest absolute Gasteiger partial charge is 0.472 e. The molecule has 9 atom stereocenters. The van der Waals surface area contributed by atoms with E-state index in [1.165, 1.54) is 25.7 Å². The molecule has 1 aliphatic carbocycles. The van der Waals surface area contributed by atoms with Gasteiger partial charge in [-0.25, -0.2) is 4.57 Å². The highest BCUT2D eigenvalue weighted by atomic mass is 31.2. The van der Waals surface area contributed by atoms with Crippen molar-refractivity contribution in [3.8, 4) is 0 Å². The zero-order valence-corrected chi connectivity index (χ0v) is 35.8. The summed E-state index contributed by atoms with van der Waals surface area (Å²) in [5.41, 5.74) is 0. The summed E-state index contributed by atoms with van der Waals surface area (Å²) in [5, 5.41) is 59.9. The lowest BCUT2D eigenvalue weighted by atomic mass is 9.85. The average Bonchev–Trinajstić information content (AvgIpc) is 3.19. The molecule has 0 aromatic heterocycles. The number of allylic oxidation sites excluding steroid dienone is 6. The van der Waals surface area contributed by atoms with E-state index >= 15 is 0 Å². The Bertz CT molecular complexity index is 1220. The normalized spacial score (nSPS) is 23.5. The van der Waals surface area contributed by atoms with Crippen molar-refractivity contribution in [1.29, 1.82) is 0 Å². The molecule has 58 heavy (non-hydrogen) atoms. The Hall–Kier alpha value is -2.23. The Kier molecular flexibility index (Phi) is 31.1. The van der Waals surface area contributed by atoms with Gasteiger partial charge in [-0.2, -0.15) is 0 Å². The highest BCUT2D eigenvalue weighted by molar-refractivity contribution is 7.47. The summed E-state index contributed by atoms with van der Waals surface area (Å²) in [6.45, 7) is 3.02. The zero-order valence-electron chi connectivity index (χ0n) is 34.9. The minimum absolute atomic E-state index is 0.0471. The second-order valence-electron chi connectivity index (χ2n) is 15.0. The molecule has 0 amide bonds. The number of phosphoric ester groups is 1. The summed E-state index contributed by atoms with van der Waals surface area (Å²) in [6.07, 6.45) is 20.7. The summed E-state index contributed by atoms with van der Waals surface area (Å²) in [4.78, 5) is 35.6. The van der Waals surface area contributed by atoms with Gasteiger partial charge in [-0.1, -0.05) is 120 Å². The minimum atomic E-state index is -5.14. The molecule has 0 radical (unpaired) electrons. The number of hydrogen-bond donors (Lipinski definition) is 7. The van der Waals surface area contributed by atoms with Gasteiger partial charge in [-0.05, 0) is 64.2 Å². The number of ether oxygens (including phenoxy) is 2. The molecule has 0 aliphatic heterocycles. The van der Waals surface area contributed by atoms with Crippen LogP contribution in [0.5, 0.6) is 0 Å². The van der Waals surface area contributed by atoms with E-state index in [0.29, 0.717) is 19.3 Å². The van der Waals surface area contributed by atoms with Gasteiger partial charge >= 0.3 is 19.8 Å². The highest BCUT2D eigenvalue weighted by Crippen LogP contribution is 2.47. The van der Waals surface area contributed by atoms with E-state index in [1.54, 1.807) is 6.08 Å². The topological polar surface area (TPSA) is 230 Å². The third-order valence-electron chi connectivity index (χ3n) is 9.73. The lowest BCUT2D eigenvalue weighted by Gasteiger charge is -2.41. The number of carbonyl (C=O) groups is 2. The Balaban J connectivity index is 2.54. The number of aliphatic hydroxyl groups is 6. The van der Waals surface area contributed by atoms with Crippen molar-refractivity contribution in [2.45, 2.75) is 198 Å². The molecule has 1 aliphatic rings. The Morgan fingerprint density at radius 3 is 1.72 bits per heavy atom. The van der Waals surface area contributed by atoms with Crippen molar-refractivity contribution < 1.29 is 68.2 Å². The number of hydrogen-bond acceptors (Lipinski definition) is 13. The molecular weight excluding hydrogens is 771 g/mol. The SMILES string of the molecule is CC/C=C/CC(O)/C=C/C=C/CCCCCCCC(=O)O[C@H](COC(=O)CCCCCCC/C=C\CCCCCC)COP(=O)(O)OC1[C@H](O)[C@H](O)C(O)[C@H](O)[C@H]1O. The first kappa shape index (κ1) is 53.8. The number of phosphoric acid groups is 1. The fourth-order valence-corrected chi connectivity index (χ4v) is 7.17. The first-order chi connectivity index (χ1) is 27.8. The first-order valence-corrected chi connectivity index (χ1v) is 23.0. The molecule has 0 aromatic carbocycles. The van der Waals surface area contributed by atoms with Crippen LogP contribution in [-0.4, -0.2) is 110 Å². The lowest BCUT2D eigenvalue weighted by molar-refractivity contribution is -0.220. The number of rotatable bonds is 34. The van der Waals surface area contributed by atoms with Crippen molar-refractivity contribution in [3.63, 3.8) is 0 Å². The molecule has 4 unspecified atom stereocenters. The molecule has 0 heterocycles. The van der Waals surface area contributed by atoms with Crippen LogP contribution in [0.4, 0.5) is 0 Å². The fourth-order valence-electron chi connectivity index (χ4n) is 6.20. The second-order valence-corrected chi connectivity index (χ2v) is 16.4. The van der Waals surface area contributed by atoms with Gasteiger partial charge in [0, 0.05) is 12.8 Å². The predicted molar refractivity (Wildman–Crippen MR) is 222 cm³/mol.